The van der Waals surface area contributed by atoms with Gasteiger partial charge in [0.2, 0.25) is 0 Å². The number of hydrogen-bond acceptors (Lipinski definition) is 6. The summed E-state index contributed by atoms with van der Waals surface area (Å²) in [5.74, 6) is 1.39. The van der Waals surface area contributed by atoms with Crippen LogP contribution in [0.1, 0.15) is 27.8 Å². The maximum atomic E-state index is 13.6. The molecule has 0 unspecified atom stereocenters. The highest BCUT2D eigenvalue weighted by atomic mass is 16.5. The summed E-state index contributed by atoms with van der Waals surface area (Å²) in [6.07, 6.45) is 3.46. The van der Waals surface area contributed by atoms with Gasteiger partial charge in [0.25, 0.3) is 11.8 Å². The van der Waals surface area contributed by atoms with Crippen LogP contribution in [-0.2, 0) is 0 Å². The Labute approximate surface area is 198 Å². The molecule has 3 heterocycles. The van der Waals surface area contributed by atoms with Gasteiger partial charge >= 0.3 is 0 Å². The number of para-hydroxylation sites is 3. The molecule has 8 heteroatoms. The van der Waals surface area contributed by atoms with E-state index in [9.17, 15) is 9.59 Å². The molecule has 1 fully saturated rings. The third-order valence-electron chi connectivity index (χ3n) is 5.91. The molecule has 5 rings (SSSR count). The fraction of sp³-hybridized carbons (Fsp3) is 0.231. The Morgan fingerprint density at radius 3 is 2.56 bits per heavy atom. The zero-order chi connectivity index (χ0) is 23.5. The summed E-state index contributed by atoms with van der Waals surface area (Å²) < 4.78 is 11.1. The van der Waals surface area contributed by atoms with Crippen molar-refractivity contribution in [2.45, 2.75) is 6.92 Å². The molecule has 174 valence electrons. The van der Waals surface area contributed by atoms with Crippen LogP contribution < -0.4 is 15.0 Å². The quantitative estimate of drug-likeness (QED) is 0.623. The van der Waals surface area contributed by atoms with E-state index in [4.69, 9.17) is 9.15 Å². The minimum Gasteiger partial charge on any atom is -0.492 e. The molecule has 8 nitrogen and oxygen atoms in total. The molecule has 0 atom stereocenters. The van der Waals surface area contributed by atoms with Gasteiger partial charge in [-0.2, -0.15) is 0 Å². The number of amides is 2. The van der Waals surface area contributed by atoms with Crippen molar-refractivity contribution in [3.8, 4) is 5.75 Å². The molecular formula is C26H26N4O4. The van der Waals surface area contributed by atoms with Crippen molar-refractivity contribution >= 4 is 23.2 Å². The first kappa shape index (κ1) is 21.6. The molecule has 0 spiro atoms. The van der Waals surface area contributed by atoms with Crippen molar-refractivity contribution in [2.75, 3.05) is 43.0 Å². The van der Waals surface area contributed by atoms with Gasteiger partial charge in [-0.15, -0.1) is 0 Å². The molecule has 0 saturated carbocycles. The Balaban J connectivity index is 1.43. The third-order valence-corrected chi connectivity index (χ3v) is 5.91. The normalized spacial score (nSPS) is 16.9. The second-order valence-electron chi connectivity index (χ2n) is 8.03. The van der Waals surface area contributed by atoms with E-state index in [-0.39, 0.29) is 11.8 Å². The van der Waals surface area contributed by atoms with Crippen molar-refractivity contribution in [2.24, 2.45) is 0 Å². The SMILES string of the molecule is CCOc1ccccc1N1C(=O)c2ccccc2N/C1=C\N1CCN(C(=O)c2ccco2)CC1. The second-order valence-corrected chi connectivity index (χ2v) is 8.03. The largest absolute Gasteiger partial charge is 0.492 e. The monoisotopic (exact) mass is 458 g/mol. The van der Waals surface area contributed by atoms with Crippen molar-refractivity contribution in [3.63, 3.8) is 0 Å². The molecule has 2 aliphatic rings. The van der Waals surface area contributed by atoms with E-state index >= 15 is 0 Å². The van der Waals surface area contributed by atoms with Gasteiger partial charge in [-0.25, -0.2) is 0 Å². The first-order valence-corrected chi connectivity index (χ1v) is 11.4. The predicted octanol–water partition coefficient (Wildman–Crippen LogP) is 4.01. The highest BCUT2D eigenvalue weighted by Crippen LogP contribution is 2.36. The van der Waals surface area contributed by atoms with Crippen LogP contribution in [0, 0.1) is 0 Å². The molecule has 2 aliphatic heterocycles. The molecule has 0 bridgehead atoms. The maximum Gasteiger partial charge on any atom is 0.289 e. The van der Waals surface area contributed by atoms with E-state index < -0.39 is 0 Å². The van der Waals surface area contributed by atoms with Crippen molar-refractivity contribution in [3.05, 3.63) is 90.3 Å². The zero-order valence-electron chi connectivity index (χ0n) is 18.9. The number of fused-ring (bicyclic) bond motifs is 1. The van der Waals surface area contributed by atoms with Crippen LogP contribution in [0.15, 0.2) is 83.4 Å². The number of rotatable bonds is 5. The number of carbonyl (C=O) groups is 2. The number of nitrogens with zero attached hydrogens (tertiary/aromatic N) is 3. The Hall–Kier alpha value is -4.20. The van der Waals surface area contributed by atoms with Crippen LogP contribution in [-0.4, -0.2) is 54.4 Å². The topological polar surface area (TPSA) is 78.3 Å². The molecule has 1 N–H and O–H groups in total. The lowest BCUT2D eigenvalue weighted by Gasteiger charge is -2.37. The van der Waals surface area contributed by atoms with Crippen molar-refractivity contribution < 1.29 is 18.7 Å². The van der Waals surface area contributed by atoms with Crippen LogP contribution in [0.4, 0.5) is 11.4 Å². The average Bonchev–Trinajstić information content (AvgIpc) is 3.40. The summed E-state index contributed by atoms with van der Waals surface area (Å²) >= 11 is 0. The number of carbonyl (C=O) groups excluding carboxylic acids is 2. The number of hydrogen-bond donors (Lipinski definition) is 1. The van der Waals surface area contributed by atoms with E-state index in [1.54, 1.807) is 21.9 Å². The van der Waals surface area contributed by atoms with Gasteiger partial charge in [0.1, 0.15) is 11.6 Å². The van der Waals surface area contributed by atoms with E-state index in [0.29, 0.717) is 61.4 Å². The molecule has 3 aromatic rings. The van der Waals surface area contributed by atoms with Gasteiger partial charge in [0.15, 0.2) is 5.76 Å². The van der Waals surface area contributed by atoms with E-state index in [2.05, 4.69) is 10.2 Å². The van der Waals surface area contributed by atoms with Crippen LogP contribution in [0.5, 0.6) is 5.75 Å². The maximum absolute atomic E-state index is 13.6. The first-order valence-electron chi connectivity index (χ1n) is 11.4. The summed E-state index contributed by atoms with van der Waals surface area (Å²) in [4.78, 5) is 31.8. The Morgan fingerprint density at radius 1 is 1.03 bits per heavy atom. The van der Waals surface area contributed by atoms with E-state index in [1.807, 2.05) is 61.7 Å². The lowest BCUT2D eigenvalue weighted by molar-refractivity contribution is 0.0647. The predicted molar refractivity (Wildman–Crippen MR) is 129 cm³/mol. The third kappa shape index (κ3) is 4.10. The smallest absolute Gasteiger partial charge is 0.289 e. The first-order chi connectivity index (χ1) is 16.7. The Kier molecular flexibility index (Phi) is 5.95. The summed E-state index contributed by atoms with van der Waals surface area (Å²) in [6.45, 7) is 4.80. The van der Waals surface area contributed by atoms with Gasteiger partial charge in [0.05, 0.1) is 29.8 Å². The standard InChI is InChI=1S/C26H26N4O4/c1-2-33-22-11-6-5-10-21(22)30-24(27-20-9-4-3-8-19(20)25(30)31)18-28-13-15-29(16-14-28)26(32)23-12-7-17-34-23/h3-12,17-18,27H,2,13-16H2,1H3/b24-18+. The van der Waals surface area contributed by atoms with Gasteiger partial charge in [-0.3, -0.25) is 14.5 Å². The molecule has 34 heavy (non-hydrogen) atoms. The van der Waals surface area contributed by atoms with Crippen molar-refractivity contribution in [1.29, 1.82) is 0 Å². The van der Waals surface area contributed by atoms with Crippen molar-refractivity contribution in [1.82, 2.24) is 9.80 Å². The summed E-state index contributed by atoms with van der Waals surface area (Å²) in [7, 11) is 0. The van der Waals surface area contributed by atoms with Crippen LogP contribution in [0.25, 0.3) is 0 Å². The lowest BCUT2D eigenvalue weighted by atomic mass is 10.1. The fourth-order valence-electron chi connectivity index (χ4n) is 4.23. The minimum atomic E-state index is -0.126. The molecule has 2 amide bonds. The number of piperazine rings is 1. The average molecular weight is 459 g/mol. The molecular weight excluding hydrogens is 432 g/mol. The summed E-state index contributed by atoms with van der Waals surface area (Å²) in [5, 5.41) is 3.42. The van der Waals surface area contributed by atoms with Gasteiger partial charge in [-0.05, 0) is 43.3 Å². The minimum absolute atomic E-state index is 0.107. The highest BCUT2D eigenvalue weighted by molar-refractivity contribution is 6.14. The summed E-state index contributed by atoms with van der Waals surface area (Å²) in [5.41, 5.74) is 2.03. The second kappa shape index (κ2) is 9.35. The number of furan rings is 1. The Morgan fingerprint density at radius 2 is 1.79 bits per heavy atom. The van der Waals surface area contributed by atoms with Gasteiger partial charge in [-0.1, -0.05) is 24.3 Å². The highest BCUT2D eigenvalue weighted by Gasteiger charge is 2.32. The number of anilines is 2. The van der Waals surface area contributed by atoms with E-state index in [0.717, 1.165) is 5.69 Å². The van der Waals surface area contributed by atoms with Gasteiger partial charge < -0.3 is 24.3 Å². The lowest BCUT2D eigenvalue weighted by Crippen LogP contribution is -2.48. The molecule has 1 aromatic heterocycles. The molecule has 0 radical (unpaired) electrons. The molecule has 2 aromatic carbocycles. The number of ether oxygens (including phenoxy) is 1. The van der Waals surface area contributed by atoms with Crippen LogP contribution >= 0.6 is 0 Å². The summed E-state index contributed by atoms with van der Waals surface area (Å²) in [6, 6.07) is 18.4. The fourth-order valence-corrected chi connectivity index (χ4v) is 4.23. The zero-order valence-corrected chi connectivity index (χ0v) is 18.9. The van der Waals surface area contributed by atoms with Crippen LogP contribution in [0.2, 0.25) is 0 Å². The van der Waals surface area contributed by atoms with E-state index in [1.165, 1.54) is 6.26 Å². The number of nitrogens with one attached hydrogen (secondary N) is 1. The Bertz CT molecular complexity index is 1210. The molecule has 0 aliphatic carbocycles. The number of benzene rings is 2. The van der Waals surface area contributed by atoms with Gasteiger partial charge in [0, 0.05) is 32.4 Å². The van der Waals surface area contributed by atoms with Crippen LogP contribution in [0.3, 0.4) is 0 Å². The molecule has 1 saturated heterocycles.